The first-order valence-electron chi connectivity index (χ1n) is 6.15. The van der Waals surface area contributed by atoms with Crippen molar-refractivity contribution in [2.24, 2.45) is 0 Å². The second kappa shape index (κ2) is 17.4. The second-order valence-electron chi connectivity index (χ2n) is 4.02. The molecule has 9 nitrogen and oxygen atoms in total. The molecule has 0 saturated carbocycles. The number of hydrogen-bond acceptors (Lipinski definition) is 7. The van der Waals surface area contributed by atoms with Crippen LogP contribution in [0.4, 0.5) is 0 Å². The zero-order valence-electron chi connectivity index (χ0n) is 14.8. The molecule has 0 aromatic carbocycles. The van der Waals surface area contributed by atoms with Crippen LogP contribution >= 0.6 is 0 Å². The third kappa shape index (κ3) is 30.9. The van der Waals surface area contributed by atoms with Crippen molar-refractivity contribution in [2.75, 3.05) is 19.5 Å². The molecule has 0 rings (SSSR count). The zero-order chi connectivity index (χ0) is 19.9. The van der Waals surface area contributed by atoms with Crippen molar-refractivity contribution >= 4 is 57.6 Å². The van der Waals surface area contributed by atoms with Crippen molar-refractivity contribution in [1.82, 2.24) is 0 Å². The van der Waals surface area contributed by atoms with Crippen molar-refractivity contribution in [3.63, 3.8) is 0 Å². The Morgan fingerprint density at radius 1 is 1.12 bits per heavy atom. The molecule has 0 aromatic rings. The van der Waals surface area contributed by atoms with Crippen LogP contribution in [0.5, 0.6) is 0 Å². The first-order valence-corrected chi connectivity index (χ1v) is 7.76. The fraction of sp³-hybridized carbons (Fsp3) is 0.357. The maximum atomic E-state index is 10.6. The summed E-state index contributed by atoms with van der Waals surface area (Å²) in [5.41, 5.74) is 0.361. The number of carboxylic acids is 1. The van der Waals surface area contributed by atoms with Crippen molar-refractivity contribution in [3.05, 3.63) is 37.0 Å². The summed E-state index contributed by atoms with van der Waals surface area (Å²) in [5, 5.41) is 7.89. The molecule has 0 aliphatic carbocycles. The van der Waals surface area contributed by atoms with Gasteiger partial charge < -0.3 is 14.6 Å². The van der Waals surface area contributed by atoms with E-state index in [1.165, 1.54) is 21.0 Å². The average Bonchev–Trinajstić information content (AvgIpc) is 2.45. The van der Waals surface area contributed by atoms with Gasteiger partial charge in [-0.1, -0.05) is 19.7 Å². The van der Waals surface area contributed by atoms with E-state index in [1.807, 2.05) is 0 Å². The van der Waals surface area contributed by atoms with Crippen LogP contribution in [-0.2, 0) is 34.0 Å². The molecule has 0 spiro atoms. The van der Waals surface area contributed by atoms with E-state index >= 15 is 0 Å². The maximum absolute atomic E-state index is 10.6. The Balaban J connectivity index is -0.000000144. The van der Waals surface area contributed by atoms with E-state index in [9.17, 15) is 22.8 Å². The van der Waals surface area contributed by atoms with Gasteiger partial charge in [0.05, 0.1) is 7.11 Å². The van der Waals surface area contributed by atoms with Crippen molar-refractivity contribution in [1.29, 1.82) is 0 Å². The quantitative estimate of drug-likeness (QED) is 0.289. The summed E-state index contributed by atoms with van der Waals surface area (Å²) in [4.78, 5) is 30.1. The first-order chi connectivity index (χ1) is 10.8. The van der Waals surface area contributed by atoms with Gasteiger partial charge in [0.1, 0.15) is 12.4 Å². The van der Waals surface area contributed by atoms with Crippen LogP contribution in [0.15, 0.2) is 37.0 Å². The molecular formula is C14H22NaO9S. The zero-order valence-corrected chi connectivity index (χ0v) is 17.6. The number of esters is 2. The Labute approximate surface area is 169 Å². The summed E-state index contributed by atoms with van der Waals surface area (Å²) in [5.74, 6) is -2.59. The third-order valence-electron chi connectivity index (χ3n) is 1.66. The van der Waals surface area contributed by atoms with Gasteiger partial charge in [-0.3, -0.25) is 4.55 Å². The van der Waals surface area contributed by atoms with E-state index < -0.39 is 33.8 Å². The molecule has 0 fully saturated rings. The van der Waals surface area contributed by atoms with Crippen LogP contribution in [0, 0.1) is 0 Å². The largest absolute Gasteiger partial charge is 0.478 e. The van der Waals surface area contributed by atoms with Gasteiger partial charge in [0.25, 0.3) is 10.1 Å². The van der Waals surface area contributed by atoms with Gasteiger partial charge in [-0.25, -0.2) is 14.4 Å². The van der Waals surface area contributed by atoms with E-state index in [4.69, 9.17) is 9.66 Å². The van der Waals surface area contributed by atoms with Gasteiger partial charge >= 0.3 is 17.9 Å². The Hall–Kier alpha value is -1.46. The molecule has 25 heavy (non-hydrogen) atoms. The van der Waals surface area contributed by atoms with Crippen molar-refractivity contribution in [3.8, 4) is 0 Å². The molecule has 0 unspecified atom stereocenters. The molecule has 0 bridgehead atoms. The normalized spacial score (nSPS) is 8.64. The molecule has 11 heteroatoms. The van der Waals surface area contributed by atoms with E-state index in [1.54, 1.807) is 0 Å². The molecule has 0 aromatic heterocycles. The van der Waals surface area contributed by atoms with E-state index in [0.29, 0.717) is 0 Å². The predicted molar refractivity (Wildman–Crippen MR) is 92.6 cm³/mol. The number of aliphatic carboxylic acids is 1. The topological polar surface area (TPSA) is 144 Å². The fourth-order valence-corrected chi connectivity index (χ4v) is 0.740. The second-order valence-corrected chi connectivity index (χ2v) is 5.59. The van der Waals surface area contributed by atoms with Crippen LogP contribution in [-0.4, -0.2) is 85.0 Å². The molecule has 2 N–H and O–H groups in total. The van der Waals surface area contributed by atoms with E-state index in [-0.39, 0.29) is 47.3 Å². The first kappa shape index (κ1) is 31.3. The van der Waals surface area contributed by atoms with E-state index in [2.05, 4.69) is 29.2 Å². The fourth-order valence-electron chi connectivity index (χ4n) is 0.446. The Morgan fingerprint density at radius 3 is 1.68 bits per heavy atom. The number of hydrogen-bond donors (Lipinski definition) is 2. The number of carboxylic acid groups (broad SMARTS) is 1. The van der Waals surface area contributed by atoms with Crippen LogP contribution in [0.2, 0.25) is 0 Å². The molecule has 0 aliphatic rings. The van der Waals surface area contributed by atoms with Crippen molar-refractivity contribution < 1.29 is 41.9 Å². The number of carbonyl (C=O) groups is 3. The molecule has 139 valence electrons. The summed E-state index contributed by atoms with van der Waals surface area (Å²) in [6, 6.07) is 0. The molecule has 0 saturated heterocycles. The third-order valence-corrected chi connectivity index (χ3v) is 2.34. The smallest absolute Gasteiger partial charge is 0.333 e. The minimum atomic E-state index is -4.05. The number of rotatable bonds is 6. The summed E-state index contributed by atoms with van der Waals surface area (Å²) in [7, 11) is -2.74. The van der Waals surface area contributed by atoms with Gasteiger partial charge in [-0.2, -0.15) is 8.42 Å². The number of carbonyl (C=O) groups excluding carboxylic acids is 2. The Bertz CT molecular complexity index is 564. The van der Waals surface area contributed by atoms with Crippen LogP contribution in [0.25, 0.3) is 0 Å². The Morgan fingerprint density at radius 2 is 1.52 bits per heavy atom. The molecule has 0 atom stereocenters. The van der Waals surface area contributed by atoms with Gasteiger partial charge in [0, 0.05) is 46.8 Å². The Kier molecular flexibility index (Phi) is 21.8. The number of methoxy groups -OCH3 is 1. The molecule has 0 amide bonds. The number of ether oxygens (including phenoxy) is 2. The van der Waals surface area contributed by atoms with Crippen LogP contribution in [0.3, 0.4) is 0 Å². The molecule has 0 heterocycles. The SMILES string of the molecule is C=C(C)C(=O)O.C=C(C)C(=O)OCCS(=O)(=O)O.C=CC(=O)OC.[Na]. The molecule has 1 radical (unpaired) electrons. The minimum absolute atomic E-state index is 0. The average molecular weight is 389 g/mol. The maximum Gasteiger partial charge on any atom is 0.333 e. The van der Waals surface area contributed by atoms with Gasteiger partial charge in [-0.05, 0) is 13.8 Å². The summed E-state index contributed by atoms with van der Waals surface area (Å²) >= 11 is 0. The van der Waals surface area contributed by atoms with Gasteiger partial charge in [-0.15, -0.1) is 0 Å². The van der Waals surface area contributed by atoms with Crippen molar-refractivity contribution in [2.45, 2.75) is 13.8 Å². The monoisotopic (exact) mass is 389 g/mol. The van der Waals surface area contributed by atoms with Crippen LogP contribution < -0.4 is 0 Å². The summed E-state index contributed by atoms with van der Waals surface area (Å²) < 4.78 is 37.0. The predicted octanol–water partition coefficient (Wildman–Crippen LogP) is 0.605. The van der Waals surface area contributed by atoms with Gasteiger partial charge in [0.15, 0.2) is 0 Å². The van der Waals surface area contributed by atoms with Gasteiger partial charge in [0.2, 0.25) is 0 Å². The van der Waals surface area contributed by atoms with E-state index in [0.717, 1.165) is 6.08 Å². The van der Waals surface area contributed by atoms with Crippen LogP contribution in [0.1, 0.15) is 13.8 Å². The summed E-state index contributed by atoms with van der Waals surface area (Å²) in [6.07, 6.45) is 1.11. The standard InChI is InChI=1S/C6H10O5S.2C4H6O2.Na/c1-5(2)6(7)11-3-4-12(8,9)10;1-3-4(5)6-2;1-3(2)4(5)6;/h1,3-4H2,2H3,(H,8,9,10);3H,1H2,2H3;1H2,2H3,(H,5,6);. The minimum Gasteiger partial charge on any atom is -0.478 e. The summed E-state index contributed by atoms with van der Waals surface area (Å²) in [6.45, 7) is 12.1. The molecule has 0 aliphatic heterocycles. The molecular weight excluding hydrogens is 367 g/mol.